The van der Waals surface area contributed by atoms with Crippen LogP contribution >= 0.6 is 0 Å². The third-order valence-corrected chi connectivity index (χ3v) is 1.58. The molecule has 0 radical (unpaired) electrons. The van der Waals surface area contributed by atoms with E-state index in [1.165, 1.54) is 0 Å². The average Bonchev–Trinajstić information content (AvgIpc) is 1.91. The molecule has 0 amide bonds. The third-order valence-electron chi connectivity index (χ3n) is 1.58. The standard InChI is InChI=1S/C7H14NO.K/c1-2-3-8-4-6-9-7-5-8;/h1-7H2;/q-1;+1. The summed E-state index contributed by atoms with van der Waals surface area (Å²) in [5.74, 6) is 0. The minimum absolute atomic E-state index is 0. The van der Waals surface area contributed by atoms with E-state index in [0.717, 1.165) is 39.3 Å². The molecule has 10 heavy (non-hydrogen) atoms. The summed E-state index contributed by atoms with van der Waals surface area (Å²) < 4.78 is 5.18. The van der Waals surface area contributed by atoms with Gasteiger partial charge in [0.2, 0.25) is 0 Å². The van der Waals surface area contributed by atoms with Gasteiger partial charge in [0, 0.05) is 13.1 Å². The van der Waals surface area contributed by atoms with Crippen molar-refractivity contribution in [3.05, 3.63) is 6.92 Å². The van der Waals surface area contributed by atoms with Gasteiger partial charge in [0.1, 0.15) is 0 Å². The van der Waals surface area contributed by atoms with Crippen molar-refractivity contribution in [2.75, 3.05) is 32.8 Å². The van der Waals surface area contributed by atoms with Crippen LogP contribution in [0.25, 0.3) is 0 Å². The van der Waals surface area contributed by atoms with Crippen LogP contribution in [0.5, 0.6) is 0 Å². The number of morpholine rings is 1. The molecule has 0 aromatic rings. The topological polar surface area (TPSA) is 12.5 Å². The maximum Gasteiger partial charge on any atom is 1.00 e. The zero-order valence-corrected chi connectivity index (χ0v) is 9.93. The summed E-state index contributed by atoms with van der Waals surface area (Å²) in [6, 6.07) is 0. The molecule has 0 N–H and O–H groups in total. The SMILES string of the molecule is [CH2-]CCN1CCOCC1.[K+]. The van der Waals surface area contributed by atoms with Crippen LogP contribution in [-0.4, -0.2) is 37.7 Å². The first-order valence-corrected chi connectivity index (χ1v) is 3.53. The fourth-order valence-electron chi connectivity index (χ4n) is 1.05. The van der Waals surface area contributed by atoms with Crippen molar-refractivity contribution in [3.8, 4) is 0 Å². The van der Waals surface area contributed by atoms with Crippen molar-refractivity contribution in [1.82, 2.24) is 4.90 Å². The van der Waals surface area contributed by atoms with Crippen LogP contribution in [0.3, 0.4) is 0 Å². The first-order valence-electron chi connectivity index (χ1n) is 3.53. The number of nitrogens with zero attached hydrogens (tertiary/aromatic N) is 1. The Hall–Kier alpha value is 1.56. The fourth-order valence-corrected chi connectivity index (χ4v) is 1.05. The third kappa shape index (κ3) is 4.44. The Balaban J connectivity index is 0.000000810. The second-order valence-electron chi connectivity index (χ2n) is 2.31. The van der Waals surface area contributed by atoms with E-state index in [9.17, 15) is 0 Å². The van der Waals surface area contributed by atoms with E-state index in [-0.39, 0.29) is 51.4 Å². The number of hydrogen-bond donors (Lipinski definition) is 0. The molecule has 54 valence electrons. The molecule has 1 fully saturated rings. The van der Waals surface area contributed by atoms with Gasteiger partial charge in [-0.2, -0.15) is 6.42 Å². The Kier molecular flexibility index (Phi) is 8.34. The van der Waals surface area contributed by atoms with E-state index in [4.69, 9.17) is 4.74 Å². The summed E-state index contributed by atoms with van der Waals surface area (Å²) in [6.45, 7) is 8.92. The summed E-state index contributed by atoms with van der Waals surface area (Å²) in [5.41, 5.74) is 0. The summed E-state index contributed by atoms with van der Waals surface area (Å²) in [7, 11) is 0. The molecule has 3 heteroatoms. The van der Waals surface area contributed by atoms with Gasteiger partial charge >= 0.3 is 51.4 Å². The van der Waals surface area contributed by atoms with Gasteiger partial charge in [-0.25, -0.2) is 0 Å². The van der Waals surface area contributed by atoms with Crippen molar-refractivity contribution in [3.63, 3.8) is 0 Å². The predicted octanol–water partition coefficient (Wildman–Crippen LogP) is -2.45. The Morgan fingerprint density at radius 3 is 2.40 bits per heavy atom. The molecule has 1 saturated heterocycles. The Labute approximate surface area is 106 Å². The van der Waals surface area contributed by atoms with Gasteiger partial charge in [-0.05, 0) is 6.54 Å². The number of hydrogen-bond acceptors (Lipinski definition) is 2. The molecule has 1 rings (SSSR count). The quantitative estimate of drug-likeness (QED) is 0.334. The van der Waals surface area contributed by atoms with Crippen molar-refractivity contribution in [2.45, 2.75) is 6.42 Å². The normalized spacial score (nSPS) is 20.1. The van der Waals surface area contributed by atoms with Crippen molar-refractivity contribution >= 4 is 0 Å². The van der Waals surface area contributed by atoms with Crippen LogP contribution in [0.4, 0.5) is 0 Å². The molecule has 0 saturated carbocycles. The zero-order valence-electron chi connectivity index (χ0n) is 6.81. The minimum atomic E-state index is 0. The van der Waals surface area contributed by atoms with Crippen molar-refractivity contribution in [2.24, 2.45) is 0 Å². The molecule has 1 aliphatic heterocycles. The molecule has 0 spiro atoms. The van der Waals surface area contributed by atoms with Crippen LogP contribution in [0.2, 0.25) is 0 Å². The second kappa shape index (κ2) is 7.22. The minimum Gasteiger partial charge on any atom is -0.379 e. The van der Waals surface area contributed by atoms with Crippen LogP contribution in [-0.2, 0) is 4.74 Å². The van der Waals surface area contributed by atoms with E-state index < -0.39 is 0 Å². The Bertz CT molecular complexity index is 71.3. The van der Waals surface area contributed by atoms with Gasteiger partial charge in [-0.3, -0.25) is 0 Å². The maximum absolute atomic E-state index is 5.18. The second-order valence-corrected chi connectivity index (χ2v) is 2.31. The van der Waals surface area contributed by atoms with Gasteiger partial charge in [0.15, 0.2) is 0 Å². The molecular formula is C7H14KNO. The van der Waals surface area contributed by atoms with Crippen molar-refractivity contribution < 1.29 is 56.1 Å². The maximum atomic E-state index is 5.18. The van der Waals surface area contributed by atoms with E-state index in [2.05, 4.69) is 11.8 Å². The molecule has 2 nitrogen and oxygen atoms in total. The Morgan fingerprint density at radius 2 is 1.90 bits per heavy atom. The summed E-state index contributed by atoms with van der Waals surface area (Å²) in [5, 5.41) is 0. The van der Waals surface area contributed by atoms with Gasteiger partial charge in [0.05, 0.1) is 13.2 Å². The molecule has 0 atom stereocenters. The molecule has 0 aromatic carbocycles. The van der Waals surface area contributed by atoms with Gasteiger partial charge < -0.3 is 16.6 Å². The molecule has 0 unspecified atom stereocenters. The van der Waals surface area contributed by atoms with Crippen LogP contribution < -0.4 is 51.4 Å². The monoisotopic (exact) mass is 167 g/mol. The van der Waals surface area contributed by atoms with E-state index in [0.29, 0.717) is 0 Å². The van der Waals surface area contributed by atoms with Crippen LogP contribution in [0, 0.1) is 6.92 Å². The van der Waals surface area contributed by atoms with E-state index >= 15 is 0 Å². The molecular weight excluding hydrogens is 153 g/mol. The Morgan fingerprint density at radius 1 is 1.30 bits per heavy atom. The molecule has 0 aromatic heterocycles. The van der Waals surface area contributed by atoms with Gasteiger partial charge in [-0.1, -0.05) is 0 Å². The average molecular weight is 167 g/mol. The first-order chi connectivity index (χ1) is 4.43. The van der Waals surface area contributed by atoms with Crippen LogP contribution in [0.15, 0.2) is 0 Å². The van der Waals surface area contributed by atoms with E-state index in [1.54, 1.807) is 0 Å². The molecule has 1 heterocycles. The first kappa shape index (κ1) is 11.6. The zero-order chi connectivity index (χ0) is 6.53. The number of ether oxygens (including phenoxy) is 1. The van der Waals surface area contributed by atoms with Gasteiger partial charge in [0.25, 0.3) is 0 Å². The molecule has 0 bridgehead atoms. The largest absolute Gasteiger partial charge is 1.00 e. The molecule has 0 aliphatic carbocycles. The summed E-state index contributed by atoms with van der Waals surface area (Å²) in [6.07, 6.45) is 1.01. The summed E-state index contributed by atoms with van der Waals surface area (Å²) in [4.78, 5) is 2.39. The fraction of sp³-hybridized carbons (Fsp3) is 0.857. The number of rotatable bonds is 2. The van der Waals surface area contributed by atoms with Gasteiger partial charge in [-0.15, -0.1) is 0 Å². The summed E-state index contributed by atoms with van der Waals surface area (Å²) >= 11 is 0. The van der Waals surface area contributed by atoms with E-state index in [1.807, 2.05) is 0 Å². The van der Waals surface area contributed by atoms with Crippen LogP contribution in [0.1, 0.15) is 6.42 Å². The molecule has 1 aliphatic rings. The predicted molar refractivity (Wildman–Crippen MR) is 37.2 cm³/mol. The van der Waals surface area contributed by atoms with Crippen molar-refractivity contribution in [1.29, 1.82) is 0 Å². The smallest absolute Gasteiger partial charge is 0.379 e.